The molecule has 1 atom stereocenters. The summed E-state index contributed by atoms with van der Waals surface area (Å²) in [5.74, 6) is 0.496. The van der Waals surface area contributed by atoms with Crippen molar-refractivity contribution >= 4 is 18.1 Å². The van der Waals surface area contributed by atoms with E-state index in [1.54, 1.807) is 12.1 Å². The molecule has 0 bridgehead atoms. The van der Waals surface area contributed by atoms with E-state index in [2.05, 4.69) is 24.4 Å². The van der Waals surface area contributed by atoms with Crippen LogP contribution in [0.25, 0.3) is 0 Å². The average Bonchev–Trinajstić information content (AvgIpc) is 2.52. The maximum atomic E-state index is 12.8. The van der Waals surface area contributed by atoms with Gasteiger partial charge in [0.1, 0.15) is 0 Å². The minimum atomic E-state index is -3.43. The van der Waals surface area contributed by atoms with Gasteiger partial charge >= 0.3 is 0 Å². The summed E-state index contributed by atoms with van der Waals surface area (Å²) < 4.78 is 28.7. The van der Waals surface area contributed by atoms with Crippen LogP contribution in [0.5, 0.6) is 0 Å². The number of sulfonamides is 1. The van der Waals surface area contributed by atoms with Gasteiger partial charge in [0.15, 0.2) is 0 Å². The van der Waals surface area contributed by atoms with Crippen LogP contribution in [-0.4, -0.2) is 22.5 Å². The van der Waals surface area contributed by atoms with Gasteiger partial charge in [-0.05, 0) is 44.2 Å². The topological polar surface area (TPSA) is 46.2 Å². The van der Waals surface area contributed by atoms with Crippen molar-refractivity contribution in [2.75, 3.05) is 0 Å². The Kier molecular flexibility index (Phi) is 6.68. The van der Waals surface area contributed by atoms with Crippen LogP contribution in [-0.2, 0) is 10.0 Å². The van der Waals surface area contributed by atoms with E-state index in [0.29, 0.717) is 10.8 Å². The maximum Gasteiger partial charge on any atom is 0.240 e. The lowest BCUT2D eigenvalue weighted by molar-refractivity contribution is 0.285. The summed E-state index contributed by atoms with van der Waals surface area (Å²) in [5, 5.41) is 0. The molecule has 1 unspecified atom stereocenters. The molecule has 3 nitrogen and oxygen atoms in total. The van der Waals surface area contributed by atoms with Gasteiger partial charge in [-0.15, -0.1) is 0 Å². The highest BCUT2D eigenvalue weighted by Crippen LogP contribution is 2.30. The Morgan fingerprint density at radius 1 is 1.08 bits per heavy atom. The molecule has 1 aromatic carbocycles. The monoisotopic (exact) mass is 367 g/mol. The van der Waals surface area contributed by atoms with Gasteiger partial charge in [-0.25, -0.2) is 13.1 Å². The molecule has 0 saturated heterocycles. The summed E-state index contributed by atoms with van der Waals surface area (Å²) in [6.07, 6.45) is 7.06. The zero-order chi connectivity index (χ0) is 17.8. The van der Waals surface area contributed by atoms with Crippen LogP contribution in [0.2, 0.25) is 25.7 Å². The molecule has 0 radical (unpaired) electrons. The van der Waals surface area contributed by atoms with Crippen molar-refractivity contribution in [1.29, 1.82) is 0 Å². The molecule has 1 aliphatic rings. The third kappa shape index (κ3) is 6.01. The van der Waals surface area contributed by atoms with E-state index in [1.807, 2.05) is 19.1 Å². The fraction of sp³-hybridized carbons (Fsp3) is 0.684. The third-order valence-corrected chi connectivity index (χ3v) is 8.36. The molecule has 24 heavy (non-hydrogen) atoms. The first-order chi connectivity index (χ1) is 11.2. The summed E-state index contributed by atoms with van der Waals surface area (Å²) in [4.78, 5) is 0.391. The average molecular weight is 368 g/mol. The fourth-order valence-corrected chi connectivity index (χ4v) is 6.02. The van der Waals surface area contributed by atoms with Gasteiger partial charge in [-0.1, -0.05) is 62.6 Å². The van der Waals surface area contributed by atoms with Crippen LogP contribution in [0.15, 0.2) is 29.2 Å². The highest BCUT2D eigenvalue weighted by atomic mass is 32.2. The van der Waals surface area contributed by atoms with Crippen LogP contribution in [0, 0.1) is 12.8 Å². The Labute approximate surface area is 149 Å². The normalized spacial score (nSPS) is 18.5. The number of hydrogen-bond donors (Lipinski definition) is 1. The Morgan fingerprint density at radius 2 is 1.67 bits per heavy atom. The Hall–Kier alpha value is -0.653. The largest absolute Gasteiger partial charge is 0.240 e. The SMILES string of the molecule is Cc1ccc(S(=O)(=O)NC(CC[Si](C)(C)C)C2CCCCC2)cc1. The van der Waals surface area contributed by atoms with Gasteiger partial charge in [-0.3, -0.25) is 0 Å². The van der Waals surface area contributed by atoms with Gasteiger partial charge in [-0.2, -0.15) is 0 Å². The number of nitrogens with one attached hydrogen (secondary N) is 1. The second-order valence-electron chi connectivity index (χ2n) is 8.54. The van der Waals surface area contributed by atoms with Gasteiger partial charge in [0.25, 0.3) is 0 Å². The first-order valence-corrected chi connectivity index (χ1v) is 14.5. The lowest BCUT2D eigenvalue weighted by Crippen LogP contribution is -2.42. The van der Waals surface area contributed by atoms with Gasteiger partial charge in [0.2, 0.25) is 10.0 Å². The van der Waals surface area contributed by atoms with Gasteiger partial charge < -0.3 is 0 Å². The van der Waals surface area contributed by atoms with Crippen LogP contribution >= 0.6 is 0 Å². The zero-order valence-electron chi connectivity index (χ0n) is 15.6. The number of aryl methyl sites for hydroxylation is 1. The summed E-state index contributed by atoms with van der Waals surface area (Å²) in [7, 11) is -4.61. The minimum Gasteiger partial charge on any atom is -0.208 e. The molecule has 136 valence electrons. The van der Waals surface area contributed by atoms with Crippen LogP contribution < -0.4 is 4.72 Å². The van der Waals surface area contributed by atoms with E-state index in [4.69, 9.17) is 0 Å². The van der Waals surface area contributed by atoms with Crippen molar-refractivity contribution in [3.8, 4) is 0 Å². The van der Waals surface area contributed by atoms with Gasteiger partial charge in [0.05, 0.1) is 4.90 Å². The minimum absolute atomic E-state index is 0.0864. The summed E-state index contributed by atoms with van der Waals surface area (Å²) in [6.45, 7) is 9.06. The van der Waals surface area contributed by atoms with E-state index in [1.165, 1.54) is 25.3 Å². The molecule has 1 saturated carbocycles. The number of rotatable bonds is 7. The Bertz CT molecular complexity index is 614. The molecule has 1 N–H and O–H groups in total. The predicted molar refractivity (Wildman–Crippen MR) is 105 cm³/mol. The highest BCUT2D eigenvalue weighted by molar-refractivity contribution is 7.89. The zero-order valence-corrected chi connectivity index (χ0v) is 17.5. The Balaban J connectivity index is 2.14. The lowest BCUT2D eigenvalue weighted by atomic mass is 9.83. The van der Waals surface area contributed by atoms with Crippen LogP contribution in [0.3, 0.4) is 0 Å². The molecular formula is C19H33NO2SSi. The molecule has 0 amide bonds. The molecule has 1 aromatic rings. The molecule has 0 heterocycles. The predicted octanol–water partition coefficient (Wildman–Crippen LogP) is 4.95. The smallest absolute Gasteiger partial charge is 0.208 e. The summed E-state index contributed by atoms with van der Waals surface area (Å²) in [5.41, 5.74) is 1.08. The quantitative estimate of drug-likeness (QED) is 0.693. The van der Waals surface area contributed by atoms with E-state index in [0.717, 1.165) is 24.8 Å². The molecule has 5 heteroatoms. The van der Waals surface area contributed by atoms with Crippen LogP contribution in [0.1, 0.15) is 44.1 Å². The van der Waals surface area contributed by atoms with Gasteiger partial charge in [0, 0.05) is 14.1 Å². The lowest BCUT2D eigenvalue weighted by Gasteiger charge is -2.32. The summed E-state index contributed by atoms with van der Waals surface area (Å²) >= 11 is 0. The van der Waals surface area contributed by atoms with Crippen molar-refractivity contribution < 1.29 is 8.42 Å². The molecule has 0 spiro atoms. The first-order valence-electron chi connectivity index (χ1n) is 9.26. The van der Waals surface area contributed by atoms with Crippen molar-refractivity contribution in [3.63, 3.8) is 0 Å². The second kappa shape index (κ2) is 8.15. The van der Waals surface area contributed by atoms with Crippen molar-refractivity contribution in [3.05, 3.63) is 29.8 Å². The highest BCUT2D eigenvalue weighted by Gasteiger charge is 2.29. The van der Waals surface area contributed by atoms with Crippen molar-refractivity contribution in [1.82, 2.24) is 4.72 Å². The molecular weight excluding hydrogens is 334 g/mol. The first kappa shape index (κ1) is 19.7. The molecule has 2 rings (SSSR count). The van der Waals surface area contributed by atoms with Crippen molar-refractivity contribution in [2.45, 2.75) is 82.1 Å². The number of hydrogen-bond acceptors (Lipinski definition) is 2. The van der Waals surface area contributed by atoms with E-state index in [9.17, 15) is 8.42 Å². The molecule has 1 fully saturated rings. The fourth-order valence-electron chi connectivity index (χ4n) is 3.50. The number of benzene rings is 1. The summed E-state index contributed by atoms with van der Waals surface area (Å²) in [6, 6.07) is 8.42. The molecule has 0 aliphatic heterocycles. The second-order valence-corrected chi connectivity index (χ2v) is 15.9. The standard InChI is InChI=1S/C19H33NO2SSi/c1-16-10-12-18(13-11-16)23(21,22)20-19(14-15-24(2,3)4)17-8-6-5-7-9-17/h10-13,17,19-20H,5-9,14-15H2,1-4H3. The molecule has 0 aromatic heterocycles. The molecule has 1 aliphatic carbocycles. The van der Waals surface area contributed by atoms with Crippen molar-refractivity contribution in [2.24, 2.45) is 5.92 Å². The third-order valence-electron chi connectivity index (χ3n) is 5.06. The van der Waals surface area contributed by atoms with E-state index in [-0.39, 0.29) is 6.04 Å². The van der Waals surface area contributed by atoms with Crippen LogP contribution in [0.4, 0.5) is 0 Å². The van der Waals surface area contributed by atoms with E-state index >= 15 is 0 Å². The Morgan fingerprint density at radius 3 is 2.21 bits per heavy atom. The van der Waals surface area contributed by atoms with E-state index < -0.39 is 18.1 Å². The maximum absolute atomic E-state index is 12.8.